The summed E-state index contributed by atoms with van der Waals surface area (Å²) < 4.78 is 5.82. The van der Waals surface area contributed by atoms with Crippen LogP contribution in [0.25, 0.3) is 0 Å². The van der Waals surface area contributed by atoms with Crippen LogP contribution in [0.3, 0.4) is 0 Å². The van der Waals surface area contributed by atoms with Gasteiger partial charge in [0, 0.05) is 17.9 Å². The minimum absolute atomic E-state index is 0.563. The molecule has 15 heavy (non-hydrogen) atoms. The van der Waals surface area contributed by atoms with Crippen molar-refractivity contribution in [1.82, 2.24) is 4.90 Å². The van der Waals surface area contributed by atoms with E-state index in [1.54, 1.807) is 0 Å². The molecule has 0 saturated carbocycles. The van der Waals surface area contributed by atoms with Gasteiger partial charge < -0.3 is 4.74 Å². The maximum Gasteiger partial charge on any atom is 0.120 e. The van der Waals surface area contributed by atoms with Crippen molar-refractivity contribution >= 4 is 0 Å². The third-order valence-corrected chi connectivity index (χ3v) is 3.64. The summed E-state index contributed by atoms with van der Waals surface area (Å²) >= 11 is 0. The molecule has 2 heterocycles. The lowest BCUT2D eigenvalue weighted by atomic mass is 9.88. The first-order valence-electron chi connectivity index (χ1n) is 5.58. The molecule has 2 aliphatic heterocycles. The van der Waals surface area contributed by atoms with E-state index in [4.69, 9.17) is 4.74 Å². The summed E-state index contributed by atoms with van der Waals surface area (Å²) in [5.41, 5.74) is 1.33. The molecule has 3 aliphatic rings. The van der Waals surface area contributed by atoms with Crippen LogP contribution in [-0.4, -0.2) is 31.1 Å². The van der Waals surface area contributed by atoms with Crippen LogP contribution in [-0.2, 0) is 4.74 Å². The molecule has 2 fully saturated rings. The number of allylic oxidation sites excluding steroid dienone is 3. The highest BCUT2D eigenvalue weighted by Crippen LogP contribution is 2.38. The van der Waals surface area contributed by atoms with Gasteiger partial charge in [0.1, 0.15) is 12.4 Å². The lowest BCUT2D eigenvalue weighted by Gasteiger charge is -2.33. The molecule has 3 rings (SSSR count). The van der Waals surface area contributed by atoms with E-state index < -0.39 is 0 Å². The summed E-state index contributed by atoms with van der Waals surface area (Å²) in [6.07, 6.45) is 6.26. The van der Waals surface area contributed by atoms with Crippen LogP contribution in [0.1, 0.15) is 12.8 Å². The van der Waals surface area contributed by atoms with Crippen LogP contribution < -0.4 is 0 Å². The van der Waals surface area contributed by atoms with E-state index in [1.165, 1.54) is 18.5 Å². The highest BCUT2D eigenvalue weighted by molar-refractivity contribution is 5.41. The van der Waals surface area contributed by atoms with Gasteiger partial charge in [-0.25, -0.2) is 0 Å². The quantitative estimate of drug-likeness (QED) is 0.551. The van der Waals surface area contributed by atoms with Crippen LogP contribution in [0.4, 0.5) is 0 Å². The van der Waals surface area contributed by atoms with Crippen molar-refractivity contribution in [3.8, 4) is 11.8 Å². The number of rotatable bonds is 0. The molecule has 0 radical (unpaired) electrons. The predicted octanol–water partition coefficient (Wildman–Crippen LogP) is 1.55. The summed E-state index contributed by atoms with van der Waals surface area (Å²) in [4.78, 5) is 2.40. The molecule has 2 atom stereocenters. The Bertz CT molecular complexity index is 396. The second-order valence-corrected chi connectivity index (χ2v) is 4.45. The van der Waals surface area contributed by atoms with Gasteiger partial charge >= 0.3 is 0 Å². The van der Waals surface area contributed by atoms with E-state index in [0.717, 1.165) is 18.8 Å². The van der Waals surface area contributed by atoms with Gasteiger partial charge in [-0.1, -0.05) is 11.8 Å². The number of ether oxygens (including phenoxy) is 1. The van der Waals surface area contributed by atoms with Gasteiger partial charge in [0.2, 0.25) is 0 Å². The highest BCUT2D eigenvalue weighted by Gasteiger charge is 2.39. The largest absolute Gasteiger partial charge is 0.492 e. The first kappa shape index (κ1) is 9.06. The predicted molar refractivity (Wildman–Crippen MR) is 59.0 cm³/mol. The summed E-state index contributed by atoms with van der Waals surface area (Å²) in [5.74, 6) is 7.92. The van der Waals surface area contributed by atoms with Crippen LogP contribution in [0.15, 0.2) is 23.5 Å². The maximum atomic E-state index is 5.82. The zero-order valence-corrected chi connectivity index (χ0v) is 8.99. The molecular weight excluding hydrogens is 186 g/mol. The van der Waals surface area contributed by atoms with Gasteiger partial charge in [0.15, 0.2) is 0 Å². The summed E-state index contributed by atoms with van der Waals surface area (Å²) in [5, 5.41) is 0. The molecular formula is C13H15NO. The minimum Gasteiger partial charge on any atom is -0.492 e. The molecule has 0 aromatic carbocycles. The van der Waals surface area contributed by atoms with Gasteiger partial charge in [-0.2, -0.15) is 0 Å². The molecule has 78 valence electrons. The van der Waals surface area contributed by atoms with Crippen LogP contribution >= 0.6 is 0 Å². The Hall–Kier alpha value is -1.20. The molecule has 0 amide bonds. The summed E-state index contributed by atoms with van der Waals surface area (Å²) in [6.45, 7) is 2.01. The smallest absolute Gasteiger partial charge is 0.120 e. The van der Waals surface area contributed by atoms with Crippen LogP contribution in [0.2, 0.25) is 0 Å². The Morgan fingerprint density at radius 1 is 1.53 bits per heavy atom. The number of hydrogen-bond donors (Lipinski definition) is 0. The number of likely N-dealkylation sites (N-methyl/N-ethyl adjacent to an activating group) is 1. The van der Waals surface area contributed by atoms with Gasteiger partial charge in [-0.05, 0) is 32.2 Å². The van der Waals surface area contributed by atoms with E-state index in [2.05, 4.69) is 35.9 Å². The summed E-state index contributed by atoms with van der Waals surface area (Å²) in [6, 6.07) is 0.563. The fourth-order valence-electron chi connectivity index (χ4n) is 2.74. The van der Waals surface area contributed by atoms with Gasteiger partial charge in [0.05, 0.1) is 6.04 Å². The fourth-order valence-corrected chi connectivity index (χ4v) is 2.74. The molecule has 2 unspecified atom stereocenters. The molecule has 0 bridgehead atoms. The SMILES string of the molecule is CN1CCC2C3=CC#CCC=C3OCC21. The first-order chi connectivity index (χ1) is 7.36. The monoisotopic (exact) mass is 201 g/mol. The van der Waals surface area contributed by atoms with E-state index in [-0.39, 0.29) is 0 Å². The highest BCUT2D eigenvalue weighted by atomic mass is 16.5. The molecule has 1 aliphatic carbocycles. The molecule has 0 aromatic heterocycles. The Morgan fingerprint density at radius 2 is 2.47 bits per heavy atom. The first-order valence-corrected chi connectivity index (χ1v) is 5.58. The third-order valence-electron chi connectivity index (χ3n) is 3.64. The number of fused-ring (bicyclic) bond motifs is 3. The van der Waals surface area contributed by atoms with E-state index in [0.29, 0.717) is 12.0 Å². The number of nitrogens with zero attached hydrogens (tertiary/aromatic N) is 1. The Balaban J connectivity index is 1.97. The van der Waals surface area contributed by atoms with E-state index >= 15 is 0 Å². The average Bonchev–Trinajstić information content (AvgIpc) is 2.51. The van der Waals surface area contributed by atoms with Crippen molar-refractivity contribution in [2.24, 2.45) is 5.92 Å². The normalized spacial score (nSPS) is 33.7. The average molecular weight is 201 g/mol. The minimum atomic E-state index is 0.563. The Morgan fingerprint density at radius 3 is 3.40 bits per heavy atom. The van der Waals surface area contributed by atoms with Gasteiger partial charge in [-0.3, -0.25) is 4.90 Å². The Kier molecular flexibility index (Phi) is 2.07. The zero-order valence-electron chi connectivity index (χ0n) is 8.99. The molecule has 0 spiro atoms. The van der Waals surface area contributed by atoms with Crippen LogP contribution in [0, 0.1) is 17.8 Å². The van der Waals surface area contributed by atoms with Crippen molar-refractivity contribution in [1.29, 1.82) is 0 Å². The Labute approximate surface area is 90.6 Å². The van der Waals surface area contributed by atoms with Crippen LogP contribution in [0.5, 0.6) is 0 Å². The number of likely N-dealkylation sites (tertiary alicyclic amines) is 1. The van der Waals surface area contributed by atoms with E-state index in [1.807, 2.05) is 0 Å². The molecule has 2 nitrogen and oxygen atoms in total. The third kappa shape index (κ3) is 1.39. The molecule has 2 saturated heterocycles. The lowest BCUT2D eigenvalue weighted by molar-refractivity contribution is 0.101. The van der Waals surface area contributed by atoms with Crippen molar-refractivity contribution < 1.29 is 4.74 Å². The number of hydrogen-bond acceptors (Lipinski definition) is 2. The fraction of sp³-hybridized carbons (Fsp3) is 0.538. The van der Waals surface area contributed by atoms with Crippen molar-refractivity contribution in [2.45, 2.75) is 18.9 Å². The van der Waals surface area contributed by atoms with Gasteiger partial charge in [0.25, 0.3) is 0 Å². The topological polar surface area (TPSA) is 12.5 Å². The lowest BCUT2D eigenvalue weighted by Crippen LogP contribution is -2.38. The zero-order chi connectivity index (χ0) is 10.3. The second-order valence-electron chi connectivity index (χ2n) is 4.45. The summed E-state index contributed by atoms with van der Waals surface area (Å²) in [7, 11) is 2.19. The molecule has 0 aromatic rings. The standard InChI is InChI=1S/C13H15NO/c1-14-8-7-10-11-5-3-2-4-6-13(11)15-9-12(10)14/h5-6,10,12H,4,7-9H2,1H3. The van der Waals surface area contributed by atoms with Crippen molar-refractivity contribution in [3.05, 3.63) is 23.5 Å². The molecule has 2 heteroatoms. The second kappa shape index (κ2) is 3.43. The van der Waals surface area contributed by atoms with Crippen molar-refractivity contribution in [3.63, 3.8) is 0 Å². The maximum absolute atomic E-state index is 5.82. The van der Waals surface area contributed by atoms with Crippen molar-refractivity contribution in [2.75, 3.05) is 20.2 Å². The molecule has 0 N–H and O–H groups in total. The van der Waals surface area contributed by atoms with Gasteiger partial charge in [-0.15, -0.1) is 0 Å². The van der Waals surface area contributed by atoms with E-state index in [9.17, 15) is 0 Å².